The monoisotopic (exact) mass is 210 g/mol. The van der Waals surface area contributed by atoms with Crippen LogP contribution < -0.4 is 5.73 Å². The fraction of sp³-hybridized carbons (Fsp3) is 1.00. The van der Waals surface area contributed by atoms with Gasteiger partial charge in [0, 0.05) is 12.1 Å². The summed E-state index contributed by atoms with van der Waals surface area (Å²) >= 11 is 0. The number of rotatable bonds is 2. The quantitative estimate of drug-likeness (QED) is 0.757. The number of nitrogens with two attached hydrogens (primary N) is 1. The van der Waals surface area contributed by atoms with Crippen molar-refractivity contribution in [1.82, 2.24) is 4.90 Å². The molecule has 0 unspecified atom stereocenters. The Morgan fingerprint density at radius 3 is 2.13 bits per heavy atom. The van der Waals surface area contributed by atoms with Crippen molar-refractivity contribution in [1.29, 1.82) is 0 Å². The third kappa shape index (κ3) is 2.94. The van der Waals surface area contributed by atoms with Crippen molar-refractivity contribution in [3.63, 3.8) is 0 Å². The lowest BCUT2D eigenvalue weighted by atomic mass is 9.75. The fourth-order valence-electron chi connectivity index (χ4n) is 2.72. The molecule has 1 aliphatic carbocycles. The molecule has 1 saturated carbocycles. The Morgan fingerprint density at radius 1 is 1.20 bits per heavy atom. The molecule has 0 aromatic carbocycles. The first-order valence-corrected chi connectivity index (χ1v) is 6.40. The van der Waals surface area contributed by atoms with E-state index < -0.39 is 0 Å². The summed E-state index contributed by atoms with van der Waals surface area (Å²) < 4.78 is 0. The van der Waals surface area contributed by atoms with E-state index in [-0.39, 0.29) is 5.54 Å². The van der Waals surface area contributed by atoms with Gasteiger partial charge in [0.2, 0.25) is 0 Å². The summed E-state index contributed by atoms with van der Waals surface area (Å²) in [6.07, 6.45) is 5.21. The summed E-state index contributed by atoms with van der Waals surface area (Å²) in [4.78, 5) is 2.58. The SMILES string of the molecule is CC(C)(C)C1CCN(CC2(N)CC2)CC1. The second-order valence-corrected chi connectivity index (χ2v) is 6.78. The molecule has 2 heteroatoms. The Morgan fingerprint density at radius 2 is 1.73 bits per heavy atom. The molecular formula is C13H26N2. The van der Waals surface area contributed by atoms with Gasteiger partial charge < -0.3 is 10.6 Å². The number of hydrogen-bond acceptors (Lipinski definition) is 2. The van der Waals surface area contributed by atoms with Crippen LogP contribution in [-0.2, 0) is 0 Å². The van der Waals surface area contributed by atoms with Gasteiger partial charge in [-0.05, 0) is 50.1 Å². The minimum absolute atomic E-state index is 0.203. The van der Waals surface area contributed by atoms with E-state index >= 15 is 0 Å². The summed E-state index contributed by atoms with van der Waals surface area (Å²) in [5, 5.41) is 0. The van der Waals surface area contributed by atoms with Crippen molar-refractivity contribution in [2.75, 3.05) is 19.6 Å². The predicted octanol–water partition coefficient (Wildman–Crippen LogP) is 2.24. The molecule has 2 N–H and O–H groups in total. The first-order chi connectivity index (χ1) is 6.89. The molecule has 0 radical (unpaired) electrons. The van der Waals surface area contributed by atoms with Crippen LogP contribution in [0.1, 0.15) is 46.5 Å². The van der Waals surface area contributed by atoms with Crippen LogP contribution in [0.2, 0.25) is 0 Å². The van der Waals surface area contributed by atoms with E-state index in [1.54, 1.807) is 0 Å². The molecule has 2 rings (SSSR count). The Hall–Kier alpha value is -0.0800. The normalized spacial score (nSPS) is 28.0. The third-order valence-corrected chi connectivity index (χ3v) is 4.24. The molecule has 0 amide bonds. The van der Waals surface area contributed by atoms with Crippen molar-refractivity contribution in [2.24, 2.45) is 17.1 Å². The smallest absolute Gasteiger partial charge is 0.0284 e. The minimum atomic E-state index is 0.203. The van der Waals surface area contributed by atoms with Crippen molar-refractivity contribution in [3.8, 4) is 0 Å². The van der Waals surface area contributed by atoms with Crippen LogP contribution in [0.4, 0.5) is 0 Å². The highest BCUT2D eigenvalue weighted by Gasteiger charge is 2.40. The topological polar surface area (TPSA) is 29.3 Å². The average molecular weight is 210 g/mol. The molecule has 1 heterocycles. The molecule has 0 atom stereocenters. The van der Waals surface area contributed by atoms with E-state index in [4.69, 9.17) is 5.73 Å². The lowest BCUT2D eigenvalue weighted by Crippen LogP contribution is -2.44. The highest BCUT2D eigenvalue weighted by Crippen LogP contribution is 2.37. The summed E-state index contributed by atoms with van der Waals surface area (Å²) in [7, 11) is 0. The van der Waals surface area contributed by atoms with E-state index in [1.165, 1.54) is 38.8 Å². The Balaban J connectivity index is 1.77. The molecular weight excluding hydrogens is 184 g/mol. The van der Waals surface area contributed by atoms with Crippen LogP contribution in [-0.4, -0.2) is 30.1 Å². The standard InChI is InChI=1S/C13H26N2/c1-12(2,3)11-4-8-15(9-5-11)10-13(14)6-7-13/h11H,4-10,14H2,1-3H3. The maximum absolute atomic E-state index is 6.16. The Kier molecular flexibility index (Phi) is 2.85. The van der Waals surface area contributed by atoms with Crippen LogP contribution in [0.5, 0.6) is 0 Å². The molecule has 2 aliphatic rings. The van der Waals surface area contributed by atoms with Gasteiger partial charge in [-0.2, -0.15) is 0 Å². The van der Waals surface area contributed by atoms with Gasteiger partial charge in [-0.3, -0.25) is 0 Å². The van der Waals surface area contributed by atoms with Gasteiger partial charge in [-0.25, -0.2) is 0 Å². The number of nitrogens with zero attached hydrogens (tertiary/aromatic N) is 1. The van der Waals surface area contributed by atoms with Gasteiger partial charge in [-0.1, -0.05) is 20.8 Å². The molecule has 0 spiro atoms. The largest absolute Gasteiger partial charge is 0.324 e. The van der Waals surface area contributed by atoms with Crippen molar-refractivity contribution in [3.05, 3.63) is 0 Å². The van der Waals surface area contributed by atoms with Crippen LogP contribution in [0, 0.1) is 11.3 Å². The second-order valence-electron chi connectivity index (χ2n) is 6.78. The molecule has 2 fully saturated rings. The lowest BCUT2D eigenvalue weighted by Gasteiger charge is -2.39. The van der Waals surface area contributed by atoms with Gasteiger partial charge in [0.25, 0.3) is 0 Å². The minimum Gasteiger partial charge on any atom is -0.324 e. The lowest BCUT2D eigenvalue weighted by molar-refractivity contribution is 0.106. The molecule has 1 saturated heterocycles. The van der Waals surface area contributed by atoms with Crippen LogP contribution in [0.3, 0.4) is 0 Å². The third-order valence-electron chi connectivity index (χ3n) is 4.24. The fourth-order valence-corrected chi connectivity index (χ4v) is 2.72. The Bertz CT molecular complexity index is 217. The summed E-state index contributed by atoms with van der Waals surface area (Å²) in [6.45, 7) is 10.8. The number of piperidine rings is 1. The average Bonchev–Trinajstić information content (AvgIpc) is 2.82. The molecule has 0 bridgehead atoms. The molecule has 1 aliphatic heterocycles. The van der Waals surface area contributed by atoms with Crippen molar-refractivity contribution < 1.29 is 0 Å². The van der Waals surface area contributed by atoms with Crippen LogP contribution in [0.25, 0.3) is 0 Å². The maximum Gasteiger partial charge on any atom is 0.0284 e. The summed E-state index contributed by atoms with van der Waals surface area (Å²) in [6, 6.07) is 0. The van der Waals surface area contributed by atoms with Gasteiger partial charge in [0.1, 0.15) is 0 Å². The van der Waals surface area contributed by atoms with Gasteiger partial charge >= 0.3 is 0 Å². The molecule has 15 heavy (non-hydrogen) atoms. The van der Waals surface area contributed by atoms with Gasteiger partial charge in [0.15, 0.2) is 0 Å². The number of hydrogen-bond donors (Lipinski definition) is 1. The second kappa shape index (κ2) is 3.74. The predicted molar refractivity (Wildman–Crippen MR) is 64.8 cm³/mol. The van der Waals surface area contributed by atoms with Crippen LogP contribution in [0.15, 0.2) is 0 Å². The first kappa shape index (κ1) is 11.4. The molecule has 88 valence electrons. The zero-order valence-corrected chi connectivity index (χ0v) is 10.6. The number of likely N-dealkylation sites (tertiary alicyclic amines) is 1. The van der Waals surface area contributed by atoms with E-state index in [0.29, 0.717) is 5.41 Å². The zero-order chi connectivity index (χ0) is 11.1. The first-order valence-electron chi connectivity index (χ1n) is 6.40. The zero-order valence-electron chi connectivity index (χ0n) is 10.6. The van der Waals surface area contributed by atoms with E-state index in [9.17, 15) is 0 Å². The van der Waals surface area contributed by atoms with Gasteiger partial charge in [-0.15, -0.1) is 0 Å². The maximum atomic E-state index is 6.16. The molecule has 0 aromatic rings. The highest BCUT2D eigenvalue weighted by molar-refractivity contribution is 5.01. The summed E-state index contributed by atoms with van der Waals surface area (Å²) in [5.74, 6) is 0.904. The van der Waals surface area contributed by atoms with Crippen molar-refractivity contribution in [2.45, 2.75) is 52.0 Å². The molecule has 0 aromatic heterocycles. The van der Waals surface area contributed by atoms with Crippen LogP contribution >= 0.6 is 0 Å². The van der Waals surface area contributed by atoms with Crippen molar-refractivity contribution >= 4 is 0 Å². The van der Waals surface area contributed by atoms with Gasteiger partial charge in [0.05, 0.1) is 0 Å². The highest BCUT2D eigenvalue weighted by atomic mass is 15.2. The van der Waals surface area contributed by atoms with E-state index in [1.807, 2.05) is 0 Å². The Labute approximate surface area is 94.2 Å². The molecule has 2 nitrogen and oxygen atoms in total. The summed E-state index contributed by atoms with van der Waals surface area (Å²) in [5.41, 5.74) is 6.85. The van der Waals surface area contributed by atoms with E-state index in [0.717, 1.165) is 12.5 Å². The van der Waals surface area contributed by atoms with E-state index in [2.05, 4.69) is 25.7 Å².